The van der Waals surface area contributed by atoms with Gasteiger partial charge in [0, 0.05) is 33.3 Å². The summed E-state index contributed by atoms with van der Waals surface area (Å²) in [5.41, 5.74) is 21.9. The fourth-order valence-corrected chi connectivity index (χ4v) is 7.93. The normalized spacial score (nSPS) is 12.4. The first kappa shape index (κ1) is 35.6. The van der Waals surface area contributed by atoms with Crippen LogP contribution in [0.3, 0.4) is 0 Å². The molecule has 0 bridgehead atoms. The van der Waals surface area contributed by atoms with Gasteiger partial charge in [0.05, 0.1) is 22.6 Å². The number of fused-ring (bicyclic) bond motifs is 1. The Morgan fingerprint density at radius 2 is 1.00 bits per heavy atom. The highest BCUT2D eigenvalue weighted by molar-refractivity contribution is 5.95. The van der Waals surface area contributed by atoms with Gasteiger partial charge < -0.3 is 5.73 Å². The van der Waals surface area contributed by atoms with Crippen molar-refractivity contribution in [3.63, 3.8) is 0 Å². The van der Waals surface area contributed by atoms with Crippen LogP contribution in [0.5, 0.6) is 0 Å². The van der Waals surface area contributed by atoms with E-state index in [2.05, 4.69) is 164 Å². The molecule has 0 fully saturated rings. The molecular formula is C54H39N5. The van der Waals surface area contributed by atoms with Gasteiger partial charge in [-0.15, -0.1) is 0 Å². The van der Waals surface area contributed by atoms with Gasteiger partial charge in [0.1, 0.15) is 0 Å². The molecule has 0 unspecified atom stereocenters. The minimum atomic E-state index is 0.669. The molecule has 1 aliphatic rings. The summed E-state index contributed by atoms with van der Waals surface area (Å²) in [5.74, 6) is 1.38. The van der Waals surface area contributed by atoms with Crippen LogP contribution in [0.4, 0.5) is 5.69 Å². The van der Waals surface area contributed by atoms with Crippen molar-refractivity contribution in [2.24, 2.45) is 0 Å². The Kier molecular flexibility index (Phi) is 9.45. The van der Waals surface area contributed by atoms with Crippen molar-refractivity contribution < 1.29 is 0 Å². The third-order valence-corrected chi connectivity index (χ3v) is 10.9. The van der Waals surface area contributed by atoms with Crippen LogP contribution in [0.15, 0.2) is 200 Å². The zero-order valence-electron chi connectivity index (χ0n) is 32.3. The van der Waals surface area contributed by atoms with Gasteiger partial charge in [-0.05, 0) is 88.2 Å². The number of anilines is 1. The highest BCUT2D eigenvalue weighted by Gasteiger charge is 2.18. The first-order chi connectivity index (χ1) is 29.1. The average molecular weight is 758 g/mol. The van der Waals surface area contributed by atoms with Crippen molar-refractivity contribution in [1.82, 2.24) is 19.9 Å². The first-order valence-corrected chi connectivity index (χ1v) is 20.0. The lowest BCUT2D eigenvalue weighted by molar-refractivity contribution is 1.04. The van der Waals surface area contributed by atoms with Crippen molar-refractivity contribution in [3.8, 4) is 78.7 Å². The highest BCUT2D eigenvalue weighted by Crippen LogP contribution is 2.39. The molecule has 2 N–H and O–H groups in total. The third-order valence-electron chi connectivity index (χ3n) is 10.9. The van der Waals surface area contributed by atoms with Crippen LogP contribution in [0.1, 0.15) is 18.5 Å². The number of benzene rings is 7. The van der Waals surface area contributed by atoms with E-state index in [-0.39, 0.29) is 0 Å². The van der Waals surface area contributed by atoms with Crippen molar-refractivity contribution >= 4 is 22.2 Å². The molecule has 0 atom stereocenters. The van der Waals surface area contributed by atoms with Gasteiger partial charge in [-0.2, -0.15) is 0 Å². The summed E-state index contributed by atoms with van der Waals surface area (Å²) < 4.78 is 0. The van der Waals surface area contributed by atoms with Crippen molar-refractivity contribution in [2.45, 2.75) is 12.8 Å². The zero-order chi connectivity index (χ0) is 39.5. The maximum atomic E-state index is 6.01. The van der Waals surface area contributed by atoms with E-state index in [9.17, 15) is 0 Å². The van der Waals surface area contributed by atoms with E-state index in [0.717, 1.165) is 108 Å². The standard InChI is InChI=1S/C54H39N5/c55-43-31-29-36(30-32-43)39-19-13-22-42(33-39)50-35-51(58-53(57-50)38-17-5-2-6-18-38)46-25-9-7-23-44(46)40-20-14-21-41(34-40)45-24-8-10-26-47(45)54-56-49-28-12-11-27-48(49)52(59-54)37-15-3-1-4-16-37/h2-3,5-35H,1,4,55H2. The van der Waals surface area contributed by atoms with E-state index in [1.807, 2.05) is 36.4 Å². The number of nitrogens with zero attached hydrogens (tertiary/aromatic N) is 4. The molecule has 0 aliphatic heterocycles. The smallest absolute Gasteiger partial charge is 0.161 e. The van der Waals surface area contributed by atoms with E-state index in [1.54, 1.807) is 0 Å². The first-order valence-electron chi connectivity index (χ1n) is 20.0. The van der Waals surface area contributed by atoms with Crippen LogP contribution >= 0.6 is 0 Å². The molecule has 2 heterocycles. The van der Waals surface area contributed by atoms with Crippen LogP contribution in [0.25, 0.3) is 95.1 Å². The van der Waals surface area contributed by atoms with Gasteiger partial charge in [0.25, 0.3) is 0 Å². The quantitative estimate of drug-likeness (QED) is 0.156. The van der Waals surface area contributed by atoms with E-state index in [4.69, 9.17) is 25.7 Å². The summed E-state index contributed by atoms with van der Waals surface area (Å²) in [7, 11) is 0. The van der Waals surface area contributed by atoms with Crippen molar-refractivity contribution in [2.75, 3.05) is 5.73 Å². The second kappa shape index (κ2) is 15.6. The predicted molar refractivity (Wildman–Crippen MR) is 244 cm³/mol. The predicted octanol–water partition coefficient (Wildman–Crippen LogP) is 13.4. The van der Waals surface area contributed by atoms with Crippen LogP contribution in [0.2, 0.25) is 0 Å². The number of nitrogens with two attached hydrogens (primary N) is 1. The number of hydrogen-bond donors (Lipinski definition) is 1. The Hall–Kier alpha value is -7.76. The van der Waals surface area contributed by atoms with Crippen LogP contribution < -0.4 is 5.73 Å². The second-order valence-electron chi connectivity index (χ2n) is 14.8. The monoisotopic (exact) mass is 757 g/mol. The molecule has 280 valence electrons. The maximum Gasteiger partial charge on any atom is 0.161 e. The summed E-state index contributed by atoms with van der Waals surface area (Å²) in [4.78, 5) is 20.8. The molecule has 59 heavy (non-hydrogen) atoms. The van der Waals surface area contributed by atoms with E-state index < -0.39 is 0 Å². The molecule has 0 saturated heterocycles. The molecule has 5 nitrogen and oxygen atoms in total. The van der Waals surface area contributed by atoms with Gasteiger partial charge in [0.15, 0.2) is 11.6 Å². The Morgan fingerprint density at radius 1 is 0.390 bits per heavy atom. The highest BCUT2D eigenvalue weighted by atomic mass is 14.9. The second-order valence-corrected chi connectivity index (χ2v) is 14.8. The molecule has 1 aliphatic carbocycles. The largest absolute Gasteiger partial charge is 0.399 e. The van der Waals surface area contributed by atoms with Gasteiger partial charge in [-0.25, -0.2) is 19.9 Å². The van der Waals surface area contributed by atoms with Gasteiger partial charge in [0.2, 0.25) is 0 Å². The zero-order valence-corrected chi connectivity index (χ0v) is 32.3. The molecule has 2 aromatic heterocycles. The van der Waals surface area contributed by atoms with Gasteiger partial charge >= 0.3 is 0 Å². The Labute approximate surface area is 344 Å². The van der Waals surface area contributed by atoms with Crippen LogP contribution in [0, 0.1) is 0 Å². The van der Waals surface area contributed by atoms with E-state index >= 15 is 0 Å². The lowest BCUT2D eigenvalue weighted by atomic mass is 9.92. The number of aromatic nitrogens is 4. The topological polar surface area (TPSA) is 77.6 Å². The summed E-state index contributed by atoms with van der Waals surface area (Å²) in [6.07, 6.45) is 8.76. The molecule has 0 radical (unpaired) electrons. The number of nitrogen functional groups attached to an aromatic ring is 1. The number of hydrogen-bond acceptors (Lipinski definition) is 5. The van der Waals surface area contributed by atoms with Crippen molar-refractivity contribution in [1.29, 1.82) is 0 Å². The lowest BCUT2D eigenvalue weighted by Gasteiger charge is -2.16. The minimum absolute atomic E-state index is 0.669. The molecule has 5 heteroatoms. The minimum Gasteiger partial charge on any atom is -0.399 e. The molecule has 0 spiro atoms. The molecule has 7 aromatic carbocycles. The molecular weight excluding hydrogens is 719 g/mol. The third kappa shape index (κ3) is 7.22. The summed E-state index contributed by atoms with van der Waals surface area (Å²) >= 11 is 0. The molecule has 0 amide bonds. The van der Waals surface area contributed by atoms with E-state index in [1.165, 1.54) is 0 Å². The number of rotatable bonds is 8. The fraction of sp³-hybridized carbons (Fsp3) is 0.0370. The molecule has 9 aromatic rings. The summed E-state index contributed by atoms with van der Waals surface area (Å²) in [6.45, 7) is 0. The van der Waals surface area contributed by atoms with Gasteiger partial charge in [-0.1, -0.05) is 164 Å². The van der Waals surface area contributed by atoms with Crippen LogP contribution in [-0.4, -0.2) is 19.9 Å². The summed E-state index contributed by atoms with van der Waals surface area (Å²) in [5, 5.41) is 1.06. The lowest BCUT2D eigenvalue weighted by Crippen LogP contribution is -1.99. The van der Waals surface area contributed by atoms with E-state index in [0.29, 0.717) is 11.6 Å². The Morgan fingerprint density at radius 3 is 1.76 bits per heavy atom. The average Bonchev–Trinajstić information content (AvgIpc) is 3.32. The molecule has 10 rings (SSSR count). The fourth-order valence-electron chi connectivity index (χ4n) is 7.93. The Balaban J connectivity index is 1.08. The SMILES string of the molecule is Nc1ccc(-c2cccc(-c3cc(-c4ccccc4-c4cccc(-c5ccccc5-c5nc(C6=CCCC=C6)c6ccccc6n5)c4)nc(-c4ccccc4)n3)c2)cc1. The number of allylic oxidation sites excluding steroid dienone is 4. The number of para-hydroxylation sites is 1. The van der Waals surface area contributed by atoms with Crippen molar-refractivity contribution in [3.05, 3.63) is 206 Å². The van der Waals surface area contributed by atoms with Crippen LogP contribution in [-0.2, 0) is 0 Å². The maximum absolute atomic E-state index is 6.01. The summed E-state index contributed by atoms with van der Waals surface area (Å²) in [6, 6.07) is 62.8. The van der Waals surface area contributed by atoms with Gasteiger partial charge in [-0.3, -0.25) is 0 Å². The molecule has 0 saturated carbocycles. The Bertz CT molecular complexity index is 3060.